The van der Waals surface area contributed by atoms with E-state index in [2.05, 4.69) is 289 Å². The van der Waals surface area contributed by atoms with Crippen molar-refractivity contribution < 1.29 is 0 Å². The number of benzene rings is 11. The zero-order valence-electron chi connectivity index (χ0n) is 39.4. The molecule has 2 heteroatoms. The first-order valence-corrected chi connectivity index (χ1v) is 24.8. The fourth-order valence-corrected chi connectivity index (χ4v) is 11.7. The SMILES string of the molecule is c1ccc(Cc2ccccc2-c2ccc(N(c3ccc(-c4ccccc4)cc3)c3cccc4c3-c3ccccc3C43c4ccccc4N(c4ccccc4)c4ccccc43)cc2Cc2ccccc2)cc1. The summed E-state index contributed by atoms with van der Waals surface area (Å²) in [6.07, 6.45) is 1.64. The number of nitrogens with zero attached hydrogens (tertiary/aromatic N) is 2. The van der Waals surface area contributed by atoms with Gasteiger partial charge in [0, 0.05) is 22.6 Å². The lowest BCUT2D eigenvalue weighted by molar-refractivity contribution is 0.752. The molecule has 0 unspecified atom stereocenters. The molecule has 13 rings (SSSR count). The zero-order chi connectivity index (χ0) is 47.1. The molecule has 1 heterocycles. The number of fused-ring (bicyclic) bond motifs is 9. The van der Waals surface area contributed by atoms with E-state index in [4.69, 9.17) is 0 Å². The van der Waals surface area contributed by atoms with Crippen LogP contribution in [0.4, 0.5) is 34.1 Å². The first-order valence-electron chi connectivity index (χ1n) is 24.8. The molecule has 2 aliphatic rings. The van der Waals surface area contributed by atoms with Crippen LogP contribution in [-0.4, -0.2) is 0 Å². The van der Waals surface area contributed by atoms with Crippen molar-refractivity contribution in [3.63, 3.8) is 0 Å². The summed E-state index contributed by atoms with van der Waals surface area (Å²) >= 11 is 0. The molecular weight excluding hydrogens is 857 g/mol. The summed E-state index contributed by atoms with van der Waals surface area (Å²) in [5, 5.41) is 0. The van der Waals surface area contributed by atoms with Gasteiger partial charge in [0.2, 0.25) is 0 Å². The van der Waals surface area contributed by atoms with E-state index in [0.717, 1.165) is 35.6 Å². The van der Waals surface area contributed by atoms with E-state index >= 15 is 0 Å². The minimum Gasteiger partial charge on any atom is -0.310 e. The zero-order valence-corrected chi connectivity index (χ0v) is 39.4. The van der Waals surface area contributed by atoms with Crippen LogP contribution in [0.1, 0.15) is 44.5 Å². The van der Waals surface area contributed by atoms with Gasteiger partial charge in [-0.25, -0.2) is 0 Å². The molecule has 1 aliphatic carbocycles. The molecule has 1 spiro atoms. The van der Waals surface area contributed by atoms with Crippen LogP contribution in [0.2, 0.25) is 0 Å². The van der Waals surface area contributed by atoms with Crippen LogP contribution in [0.5, 0.6) is 0 Å². The van der Waals surface area contributed by atoms with Crippen molar-refractivity contribution in [3.05, 3.63) is 324 Å². The van der Waals surface area contributed by atoms with Gasteiger partial charge in [-0.15, -0.1) is 0 Å². The molecule has 0 fully saturated rings. The molecule has 11 aromatic rings. The Morgan fingerprint density at radius 2 is 0.803 bits per heavy atom. The summed E-state index contributed by atoms with van der Waals surface area (Å²) in [4.78, 5) is 4.98. The number of para-hydroxylation sites is 3. The van der Waals surface area contributed by atoms with Gasteiger partial charge in [0.1, 0.15) is 0 Å². The Kier molecular flexibility index (Phi) is 10.6. The molecule has 0 radical (unpaired) electrons. The Morgan fingerprint density at radius 1 is 0.324 bits per heavy atom. The third kappa shape index (κ3) is 7.18. The highest BCUT2D eigenvalue weighted by Gasteiger charge is 2.52. The summed E-state index contributed by atoms with van der Waals surface area (Å²) in [5.74, 6) is 0. The van der Waals surface area contributed by atoms with Crippen LogP contribution in [0, 0.1) is 0 Å². The first-order chi connectivity index (χ1) is 35.2. The van der Waals surface area contributed by atoms with E-state index in [1.54, 1.807) is 0 Å². The molecule has 0 aromatic heterocycles. The second-order valence-corrected chi connectivity index (χ2v) is 18.8. The fourth-order valence-electron chi connectivity index (χ4n) is 11.7. The number of rotatable bonds is 10. The lowest BCUT2D eigenvalue weighted by atomic mass is 9.64. The molecule has 336 valence electrons. The maximum Gasteiger partial charge on any atom is 0.0755 e. The molecule has 0 saturated carbocycles. The largest absolute Gasteiger partial charge is 0.310 e. The predicted molar refractivity (Wildman–Crippen MR) is 296 cm³/mol. The van der Waals surface area contributed by atoms with Crippen LogP contribution in [0.15, 0.2) is 279 Å². The second-order valence-electron chi connectivity index (χ2n) is 18.8. The molecule has 71 heavy (non-hydrogen) atoms. The van der Waals surface area contributed by atoms with Crippen molar-refractivity contribution in [1.82, 2.24) is 0 Å². The predicted octanol–water partition coefficient (Wildman–Crippen LogP) is 17.8. The average molecular weight is 907 g/mol. The lowest BCUT2D eigenvalue weighted by Crippen LogP contribution is -2.36. The van der Waals surface area contributed by atoms with Crippen molar-refractivity contribution in [2.75, 3.05) is 9.80 Å². The van der Waals surface area contributed by atoms with Gasteiger partial charge in [-0.2, -0.15) is 0 Å². The molecule has 0 atom stereocenters. The standard InChI is InChI=1S/C69H50N2/c1-5-22-49(23-6-1)46-53-28-13-14-31-58(53)59-45-44-57(48-54(59)47-50-24-7-2-8-25-50)70(56-42-40-52(41-43-56)51-26-9-3-10-27-51)67-39-21-36-64-68(67)60-32-15-16-33-61(60)69(64)62-34-17-19-37-65(62)71(55-29-11-4-12-30-55)66-38-20-18-35-63(66)69/h1-45,48H,46-47H2. The van der Waals surface area contributed by atoms with E-state index in [9.17, 15) is 0 Å². The molecule has 0 amide bonds. The Morgan fingerprint density at radius 3 is 1.46 bits per heavy atom. The van der Waals surface area contributed by atoms with Gasteiger partial charge < -0.3 is 9.80 Å². The first kappa shape index (κ1) is 42.1. The molecule has 11 aromatic carbocycles. The quantitative estimate of drug-likeness (QED) is 0.135. The van der Waals surface area contributed by atoms with Gasteiger partial charge in [0.15, 0.2) is 0 Å². The second kappa shape index (κ2) is 17.8. The third-order valence-corrected chi connectivity index (χ3v) is 14.8. The summed E-state index contributed by atoms with van der Waals surface area (Å²) in [5.41, 5.74) is 24.0. The van der Waals surface area contributed by atoms with Crippen LogP contribution >= 0.6 is 0 Å². The van der Waals surface area contributed by atoms with Gasteiger partial charge in [-0.05, 0) is 140 Å². The summed E-state index contributed by atoms with van der Waals surface area (Å²) in [6, 6.07) is 103. The average Bonchev–Trinajstić information content (AvgIpc) is 3.74. The van der Waals surface area contributed by atoms with Crippen LogP contribution < -0.4 is 9.80 Å². The van der Waals surface area contributed by atoms with Crippen LogP contribution in [0.25, 0.3) is 33.4 Å². The van der Waals surface area contributed by atoms with Crippen molar-refractivity contribution >= 4 is 34.1 Å². The molecule has 1 aliphatic heterocycles. The van der Waals surface area contributed by atoms with Gasteiger partial charge in [-0.1, -0.05) is 224 Å². The maximum atomic E-state index is 2.52. The van der Waals surface area contributed by atoms with Crippen molar-refractivity contribution in [2.45, 2.75) is 18.3 Å². The Balaban J connectivity index is 1.05. The lowest BCUT2D eigenvalue weighted by Gasteiger charge is -2.45. The topological polar surface area (TPSA) is 6.48 Å². The maximum absolute atomic E-state index is 2.52. The molecule has 0 bridgehead atoms. The monoisotopic (exact) mass is 906 g/mol. The van der Waals surface area contributed by atoms with E-state index in [0.29, 0.717) is 0 Å². The highest BCUT2D eigenvalue weighted by molar-refractivity contribution is 6.01. The number of hydrogen-bond donors (Lipinski definition) is 0. The van der Waals surface area contributed by atoms with Crippen molar-refractivity contribution in [2.24, 2.45) is 0 Å². The molecule has 0 saturated heterocycles. The van der Waals surface area contributed by atoms with Crippen molar-refractivity contribution in [3.8, 4) is 33.4 Å². The van der Waals surface area contributed by atoms with Gasteiger partial charge in [0.05, 0.1) is 22.5 Å². The van der Waals surface area contributed by atoms with E-state index in [-0.39, 0.29) is 0 Å². The fraction of sp³-hybridized carbons (Fsp3) is 0.0435. The third-order valence-electron chi connectivity index (χ3n) is 14.8. The molecule has 2 nitrogen and oxygen atoms in total. The normalized spacial score (nSPS) is 12.7. The Bertz CT molecular complexity index is 3650. The highest BCUT2D eigenvalue weighted by Crippen LogP contribution is 2.65. The van der Waals surface area contributed by atoms with Gasteiger partial charge >= 0.3 is 0 Å². The smallest absolute Gasteiger partial charge is 0.0755 e. The van der Waals surface area contributed by atoms with E-state index < -0.39 is 5.41 Å². The summed E-state index contributed by atoms with van der Waals surface area (Å²) in [6.45, 7) is 0. The van der Waals surface area contributed by atoms with Gasteiger partial charge in [-0.3, -0.25) is 0 Å². The van der Waals surface area contributed by atoms with Gasteiger partial charge in [0.25, 0.3) is 0 Å². The number of anilines is 6. The minimum absolute atomic E-state index is 0.589. The molecule has 0 N–H and O–H groups in total. The highest BCUT2D eigenvalue weighted by atomic mass is 15.2. The van der Waals surface area contributed by atoms with Crippen LogP contribution in [0.3, 0.4) is 0 Å². The summed E-state index contributed by atoms with van der Waals surface area (Å²) in [7, 11) is 0. The summed E-state index contributed by atoms with van der Waals surface area (Å²) < 4.78 is 0. The van der Waals surface area contributed by atoms with E-state index in [1.165, 1.54) is 89.3 Å². The Hall–Kier alpha value is -8.98. The van der Waals surface area contributed by atoms with E-state index in [1.807, 2.05) is 0 Å². The minimum atomic E-state index is -0.589. The van der Waals surface area contributed by atoms with Crippen LogP contribution in [-0.2, 0) is 18.3 Å². The molecular formula is C69H50N2. The number of hydrogen-bond acceptors (Lipinski definition) is 2. The Labute approximate surface area is 417 Å². The van der Waals surface area contributed by atoms with Crippen molar-refractivity contribution in [1.29, 1.82) is 0 Å².